The van der Waals surface area contributed by atoms with Crippen LogP contribution in [-0.4, -0.2) is 36.0 Å². The zero-order chi connectivity index (χ0) is 14.0. The van der Waals surface area contributed by atoms with Crippen molar-refractivity contribution in [3.05, 3.63) is 34.9 Å². The van der Waals surface area contributed by atoms with Gasteiger partial charge in [-0.05, 0) is 25.0 Å². The molecule has 1 atom stereocenters. The largest absolute Gasteiger partial charge is 0.321 e. The number of carbonyl (C=O) groups excluding carboxylic acids is 1. The van der Waals surface area contributed by atoms with E-state index in [2.05, 4.69) is 38.1 Å². The Balaban J connectivity index is 2.22. The minimum atomic E-state index is 0.0141. The second-order valence-electron chi connectivity index (χ2n) is 5.12. The smallest absolute Gasteiger partial charge is 0.320 e. The normalized spacial score (nSPS) is 18.8. The van der Waals surface area contributed by atoms with Crippen LogP contribution < -0.4 is 0 Å². The number of benzene rings is 1. The van der Waals surface area contributed by atoms with Gasteiger partial charge in [-0.2, -0.15) is 5.26 Å². The standard InChI is InChI=1S/C15H19N3O/c1-11-5-6-13(12(2)9-11)14-10-18(8-4-7-16)15(19)17(14)3/h5-6,9,14H,4,8,10H2,1-3H3. The van der Waals surface area contributed by atoms with Crippen molar-refractivity contribution in [1.82, 2.24) is 9.80 Å². The first-order valence-corrected chi connectivity index (χ1v) is 6.50. The Bertz CT molecular complexity index is 533. The number of hydrogen-bond acceptors (Lipinski definition) is 2. The molecule has 1 aromatic rings. The molecule has 1 saturated heterocycles. The first-order chi connectivity index (χ1) is 9.04. The Morgan fingerprint density at radius 3 is 2.79 bits per heavy atom. The predicted octanol–water partition coefficient (Wildman–Crippen LogP) is 2.63. The van der Waals surface area contributed by atoms with Gasteiger partial charge in [0.2, 0.25) is 0 Å². The second kappa shape index (κ2) is 5.31. The minimum absolute atomic E-state index is 0.0141. The Labute approximate surface area is 114 Å². The average molecular weight is 257 g/mol. The van der Waals surface area contributed by atoms with Crippen LogP contribution in [0.15, 0.2) is 18.2 Å². The van der Waals surface area contributed by atoms with Crippen molar-refractivity contribution in [2.45, 2.75) is 26.3 Å². The number of nitriles is 1. The van der Waals surface area contributed by atoms with E-state index in [1.807, 2.05) is 7.05 Å². The van der Waals surface area contributed by atoms with Gasteiger partial charge in [0.15, 0.2) is 0 Å². The molecule has 1 unspecified atom stereocenters. The topological polar surface area (TPSA) is 47.3 Å². The second-order valence-corrected chi connectivity index (χ2v) is 5.12. The molecule has 1 aliphatic heterocycles. The van der Waals surface area contributed by atoms with Crippen molar-refractivity contribution in [2.24, 2.45) is 0 Å². The number of urea groups is 1. The van der Waals surface area contributed by atoms with E-state index in [-0.39, 0.29) is 12.1 Å². The van der Waals surface area contributed by atoms with E-state index in [4.69, 9.17) is 5.26 Å². The van der Waals surface area contributed by atoms with E-state index >= 15 is 0 Å². The highest BCUT2D eigenvalue weighted by molar-refractivity contribution is 5.77. The Hall–Kier alpha value is -2.02. The molecule has 100 valence electrons. The van der Waals surface area contributed by atoms with E-state index in [1.165, 1.54) is 16.7 Å². The predicted molar refractivity (Wildman–Crippen MR) is 73.6 cm³/mol. The molecule has 19 heavy (non-hydrogen) atoms. The molecule has 0 aromatic heterocycles. The van der Waals surface area contributed by atoms with Crippen LogP contribution in [0.25, 0.3) is 0 Å². The summed E-state index contributed by atoms with van der Waals surface area (Å²) in [6, 6.07) is 8.53. The lowest BCUT2D eigenvalue weighted by Crippen LogP contribution is -2.30. The number of rotatable bonds is 3. The average Bonchev–Trinajstić information content (AvgIpc) is 2.64. The zero-order valence-corrected chi connectivity index (χ0v) is 11.7. The van der Waals surface area contributed by atoms with Gasteiger partial charge in [-0.25, -0.2) is 4.79 Å². The Morgan fingerprint density at radius 1 is 1.42 bits per heavy atom. The van der Waals surface area contributed by atoms with Gasteiger partial charge < -0.3 is 9.80 Å². The molecule has 2 rings (SSSR count). The number of likely N-dealkylation sites (N-methyl/N-ethyl adjacent to an activating group) is 1. The number of carbonyl (C=O) groups is 1. The summed E-state index contributed by atoms with van der Waals surface area (Å²) in [5.74, 6) is 0. The van der Waals surface area contributed by atoms with E-state index < -0.39 is 0 Å². The monoisotopic (exact) mass is 257 g/mol. The van der Waals surface area contributed by atoms with Gasteiger partial charge in [0.1, 0.15) is 0 Å². The summed E-state index contributed by atoms with van der Waals surface area (Å²) in [5.41, 5.74) is 3.64. The lowest BCUT2D eigenvalue weighted by atomic mass is 9.99. The molecule has 0 saturated carbocycles. The van der Waals surface area contributed by atoms with Crippen LogP contribution in [0, 0.1) is 25.2 Å². The highest BCUT2D eigenvalue weighted by atomic mass is 16.2. The first kappa shape index (κ1) is 13.4. The summed E-state index contributed by atoms with van der Waals surface area (Å²) in [7, 11) is 1.83. The van der Waals surface area contributed by atoms with Gasteiger partial charge in [-0.1, -0.05) is 23.8 Å². The third kappa shape index (κ3) is 2.55. The SMILES string of the molecule is Cc1ccc(C2CN(CCC#N)C(=O)N2C)c(C)c1. The summed E-state index contributed by atoms with van der Waals surface area (Å²) >= 11 is 0. The number of amides is 2. The molecule has 0 N–H and O–H groups in total. The fourth-order valence-corrected chi connectivity index (χ4v) is 2.64. The van der Waals surface area contributed by atoms with Crippen molar-refractivity contribution in [2.75, 3.05) is 20.1 Å². The third-order valence-corrected chi connectivity index (χ3v) is 3.71. The first-order valence-electron chi connectivity index (χ1n) is 6.50. The molecular weight excluding hydrogens is 238 g/mol. The van der Waals surface area contributed by atoms with Crippen molar-refractivity contribution in [3.8, 4) is 6.07 Å². The Kier molecular flexibility index (Phi) is 3.75. The molecule has 1 fully saturated rings. The fraction of sp³-hybridized carbons (Fsp3) is 0.467. The molecule has 1 aromatic carbocycles. The van der Waals surface area contributed by atoms with Gasteiger partial charge in [-0.3, -0.25) is 0 Å². The minimum Gasteiger partial charge on any atom is -0.321 e. The van der Waals surface area contributed by atoms with E-state index in [0.29, 0.717) is 19.5 Å². The lowest BCUT2D eigenvalue weighted by molar-refractivity contribution is 0.196. The fourth-order valence-electron chi connectivity index (χ4n) is 2.64. The molecule has 0 aliphatic carbocycles. The van der Waals surface area contributed by atoms with Crippen molar-refractivity contribution >= 4 is 6.03 Å². The molecule has 0 spiro atoms. The molecular formula is C15H19N3O. The van der Waals surface area contributed by atoms with Gasteiger partial charge in [0.05, 0.1) is 18.5 Å². The van der Waals surface area contributed by atoms with Gasteiger partial charge >= 0.3 is 6.03 Å². The van der Waals surface area contributed by atoms with Crippen LogP contribution in [0.2, 0.25) is 0 Å². The van der Waals surface area contributed by atoms with Gasteiger partial charge in [0.25, 0.3) is 0 Å². The van der Waals surface area contributed by atoms with Crippen molar-refractivity contribution in [1.29, 1.82) is 5.26 Å². The summed E-state index contributed by atoms with van der Waals surface area (Å²) in [6.45, 7) is 5.33. The van der Waals surface area contributed by atoms with Crippen LogP contribution in [-0.2, 0) is 0 Å². The molecule has 1 aliphatic rings. The zero-order valence-electron chi connectivity index (χ0n) is 11.7. The third-order valence-electron chi connectivity index (χ3n) is 3.71. The highest BCUT2D eigenvalue weighted by Gasteiger charge is 2.35. The van der Waals surface area contributed by atoms with E-state index in [1.54, 1.807) is 9.80 Å². The number of aryl methyl sites for hydroxylation is 2. The van der Waals surface area contributed by atoms with Crippen LogP contribution >= 0.6 is 0 Å². The number of hydrogen-bond donors (Lipinski definition) is 0. The number of nitrogens with zero attached hydrogens (tertiary/aromatic N) is 3. The van der Waals surface area contributed by atoms with Crippen molar-refractivity contribution < 1.29 is 4.79 Å². The molecule has 1 heterocycles. The maximum absolute atomic E-state index is 12.1. The van der Waals surface area contributed by atoms with E-state index in [9.17, 15) is 4.79 Å². The van der Waals surface area contributed by atoms with Crippen LogP contribution in [0.5, 0.6) is 0 Å². The summed E-state index contributed by atoms with van der Waals surface area (Å²) < 4.78 is 0. The molecule has 2 amide bonds. The highest BCUT2D eigenvalue weighted by Crippen LogP contribution is 2.30. The maximum atomic E-state index is 12.1. The molecule has 4 heteroatoms. The van der Waals surface area contributed by atoms with E-state index in [0.717, 1.165) is 0 Å². The van der Waals surface area contributed by atoms with Crippen molar-refractivity contribution in [3.63, 3.8) is 0 Å². The quantitative estimate of drug-likeness (QED) is 0.835. The maximum Gasteiger partial charge on any atom is 0.320 e. The summed E-state index contributed by atoms with van der Waals surface area (Å²) in [4.78, 5) is 15.6. The van der Waals surface area contributed by atoms with Gasteiger partial charge in [-0.15, -0.1) is 0 Å². The lowest BCUT2D eigenvalue weighted by Gasteiger charge is -2.20. The van der Waals surface area contributed by atoms with Crippen LogP contribution in [0.4, 0.5) is 4.79 Å². The van der Waals surface area contributed by atoms with Crippen LogP contribution in [0.3, 0.4) is 0 Å². The molecule has 4 nitrogen and oxygen atoms in total. The molecule has 0 radical (unpaired) electrons. The van der Waals surface area contributed by atoms with Crippen LogP contribution in [0.1, 0.15) is 29.2 Å². The summed E-state index contributed by atoms with van der Waals surface area (Å²) in [5, 5.41) is 8.63. The Morgan fingerprint density at radius 2 is 2.16 bits per heavy atom. The summed E-state index contributed by atoms with van der Waals surface area (Å²) in [6.07, 6.45) is 0.388. The van der Waals surface area contributed by atoms with Gasteiger partial charge in [0, 0.05) is 20.1 Å². The molecule has 0 bridgehead atoms.